The molecule has 0 amide bonds. The van der Waals surface area contributed by atoms with Gasteiger partial charge in [0.15, 0.2) is 0 Å². The number of nitrogens with zero attached hydrogens (tertiary/aromatic N) is 2. The molecule has 154 valence electrons. The van der Waals surface area contributed by atoms with Gasteiger partial charge in [0.05, 0.1) is 21.2 Å². The predicted octanol–water partition coefficient (Wildman–Crippen LogP) is 5.07. The van der Waals surface area contributed by atoms with Crippen molar-refractivity contribution in [2.75, 3.05) is 4.72 Å². The number of nitro groups is 1. The summed E-state index contributed by atoms with van der Waals surface area (Å²) in [5.74, 6) is 0. The summed E-state index contributed by atoms with van der Waals surface area (Å²) in [4.78, 5) is 14.8. The van der Waals surface area contributed by atoms with Gasteiger partial charge in [-0.05, 0) is 61.7 Å². The van der Waals surface area contributed by atoms with Crippen LogP contribution >= 0.6 is 0 Å². The minimum absolute atomic E-state index is 0.0202. The molecule has 0 aromatic heterocycles. The Morgan fingerprint density at radius 2 is 1.60 bits per heavy atom. The first-order valence-electron chi connectivity index (χ1n) is 9.15. The number of sulfonamides is 1. The van der Waals surface area contributed by atoms with Crippen molar-refractivity contribution in [3.05, 3.63) is 93.0 Å². The summed E-state index contributed by atoms with van der Waals surface area (Å²) in [6, 6.07) is 16.1. The molecule has 1 N–H and O–H groups in total. The summed E-state index contributed by atoms with van der Waals surface area (Å²) in [7, 11) is -3.75. The topological polar surface area (TPSA) is 102 Å². The van der Waals surface area contributed by atoms with Crippen LogP contribution in [0.15, 0.2) is 70.6 Å². The molecule has 7 nitrogen and oxygen atoms in total. The molecule has 0 unspecified atom stereocenters. The van der Waals surface area contributed by atoms with Crippen LogP contribution in [0, 0.1) is 30.9 Å². The SMILES string of the molecule is Cc1cc(C)c(NS(=O)(=O)c2ccc(N=Cc3cccc([N+](=O)[O-])c3)cc2)c(C)c1. The van der Waals surface area contributed by atoms with E-state index in [4.69, 9.17) is 0 Å². The average Bonchev–Trinajstić information content (AvgIpc) is 2.70. The third-order valence-corrected chi connectivity index (χ3v) is 5.87. The highest BCUT2D eigenvalue weighted by atomic mass is 32.2. The van der Waals surface area contributed by atoms with Gasteiger partial charge in [0.2, 0.25) is 0 Å². The molecule has 3 rings (SSSR count). The van der Waals surface area contributed by atoms with Crippen LogP contribution in [0.4, 0.5) is 17.1 Å². The number of hydrogen-bond acceptors (Lipinski definition) is 5. The van der Waals surface area contributed by atoms with Crippen LogP contribution in [-0.2, 0) is 10.0 Å². The Morgan fingerprint density at radius 3 is 2.20 bits per heavy atom. The zero-order chi connectivity index (χ0) is 21.9. The molecule has 0 bridgehead atoms. The Labute approximate surface area is 175 Å². The van der Waals surface area contributed by atoms with Gasteiger partial charge in [-0.25, -0.2) is 8.42 Å². The quantitative estimate of drug-likeness (QED) is 0.340. The summed E-state index contributed by atoms with van der Waals surface area (Å²) < 4.78 is 28.2. The van der Waals surface area contributed by atoms with E-state index in [1.54, 1.807) is 24.3 Å². The second kappa shape index (κ2) is 8.46. The summed E-state index contributed by atoms with van der Waals surface area (Å²) in [5, 5.41) is 10.8. The van der Waals surface area contributed by atoms with Crippen LogP contribution in [0.2, 0.25) is 0 Å². The third kappa shape index (κ3) is 4.90. The Hall–Kier alpha value is -3.52. The van der Waals surface area contributed by atoms with Gasteiger partial charge in [-0.3, -0.25) is 19.8 Å². The number of benzene rings is 3. The van der Waals surface area contributed by atoms with Crippen LogP contribution in [-0.4, -0.2) is 19.6 Å². The molecule has 0 radical (unpaired) electrons. The maximum atomic E-state index is 12.8. The lowest BCUT2D eigenvalue weighted by Crippen LogP contribution is -2.14. The van der Waals surface area contributed by atoms with Crippen molar-refractivity contribution < 1.29 is 13.3 Å². The maximum Gasteiger partial charge on any atom is 0.270 e. The number of nitro benzene ring substituents is 1. The Balaban J connectivity index is 1.80. The van der Waals surface area contributed by atoms with Gasteiger partial charge in [0.1, 0.15) is 0 Å². The van der Waals surface area contributed by atoms with Gasteiger partial charge in [0, 0.05) is 18.3 Å². The van der Waals surface area contributed by atoms with Crippen LogP contribution in [0.25, 0.3) is 0 Å². The molecule has 30 heavy (non-hydrogen) atoms. The van der Waals surface area contributed by atoms with Crippen LogP contribution < -0.4 is 4.72 Å². The fraction of sp³-hybridized carbons (Fsp3) is 0.136. The van der Waals surface area contributed by atoms with Gasteiger partial charge in [-0.15, -0.1) is 0 Å². The second-order valence-electron chi connectivity index (χ2n) is 6.98. The largest absolute Gasteiger partial charge is 0.279 e. The smallest absolute Gasteiger partial charge is 0.270 e. The molecule has 0 spiro atoms. The minimum Gasteiger partial charge on any atom is -0.279 e. The van der Waals surface area contributed by atoms with E-state index in [1.165, 1.54) is 30.5 Å². The van der Waals surface area contributed by atoms with E-state index in [9.17, 15) is 18.5 Å². The summed E-state index contributed by atoms with van der Waals surface area (Å²) >= 11 is 0. The predicted molar refractivity (Wildman–Crippen MR) is 118 cm³/mol. The van der Waals surface area contributed by atoms with Crippen molar-refractivity contribution in [2.45, 2.75) is 25.7 Å². The highest BCUT2D eigenvalue weighted by molar-refractivity contribution is 7.92. The molecule has 0 atom stereocenters. The first kappa shape index (κ1) is 21.2. The van der Waals surface area contributed by atoms with E-state index in [-0.39, 0.29) is 10.6 Å². The van der Waals surface area contributed by atoms with Gasteiger partial charge in [0.25, 0.3) is 15.7 Å². The van der Waals surface area contributed by atoms with E-state index in [1.807, 2.05) is 32.9 Å². The fourth-order valence-electron chi connectivity index (χ4n) is 3.11. The third-order valence-electron chi connectivity index (χ3n) is 4.50. The zero-order valence-corrected chi connectivity index (χ0v) is 17.6. The van der Waals surface area contributed by atoms with Gasteiger partial charge >= 0.3 is 0 Å². The lowest BCUT2D eigenvalue weighted by Gasteiger charge is -2.14. The molecule has 0 saturated heterocycles. The standard InChI is InChI=1S/C22H21N3O4S/c1-15-11-16(2)22(17(3)12-15)24-30(28,29)21-9-7-19(8-10-21)23-14-18-5-4-6-20(13-18)25(26)27/h4-14,24H,1-3H3. The molecular formula is C22H21N3O4S. The second-order valence-corrected chi connectivity index (χ2v) is 8.67. The Kier molecular flexibility index (Phi) is 5.98. The lowest BCUT2D eigenvalue weighted by molar-refractivity contribution is -0.384. The number of aryl methyl sites for hydroxylation is 3. The highest BCUT2D eigenvalue weighted by Crippen LogP contribution is 2.26. The summed E-state index contributed by atoms with van der Waals surface area (Å²) in [6.45, 7) is 5.69. The zero-order valence-electron chi connectivity index (χ0n) is 16.8. The Bertz CT molecular complexity index is 1210. The normalized spacial score (nSPS) is 11.6. The highest BCUT2D eigenvalue weighted by Gasteiger charge is 2.16. The average molecular weight is 423 g/mol. The molecule has 8 heteroatoms. The maximum absolute atomic E-state index is 12.8. The minimum atomic E-state index is -3.75. The van der Waals surface area contributed by atoms with Crippen molar-refractivity contribution in [3.8, 4) is 0 Å². The number of non-ortho nitro benzene ring substituents is 1. The van der Waals surface area contributed by atoms with E-state index < -0.39 is 14.9 Å². The van der Waals surface area contributed by atoms with Crippen LogP contribution in [0.3, 0.4) is 0 Å². The van der Waals surface area contributed by atoms with Crippen molar-refractivity contribution in [1.29, 1.82) is 0 Å². The van der Waals surface area contributed by atoms with Crippen molar-refractivity contribution in [2.24, 2.45) is 4.99 Å². The first-order chi connectivity index (χ1) is 14.2. The van der Waals surface area contributed by atoms with Crippen LogP contribution in [0.1, 0.15) is 22.3 Å². The number of rotatable bonds is 6. The molecule has 0 aliphatic rings. The number of hydrogen-bond donors (Lipinski definition) is 1. The lowest BCUT2D eigenvalue weighted by atomic mass is 10.1. The van der Waals surface area contributed by atoms with Crippen LogP contribution in [0.5, 0.6) is 0 Å². The molecule has 0 fully saturated rings. The van der Waals surface area contributed by atoms with Gasteiger partial charge < -0.3 is 0 Å². The van der Waals surface area contributed by atoms with Gasteiger partial charge in [-0.1, -0.05) is 29.8 Å². The van der Waals surface area contributed by atoms with E-state index in [2.05, 4.69) is 9.71 Å². The fourth-order valence-corrected chi connectivity index (χ4v) is 4.32. The molecule has 0 heterocycles. The molecule has 0 aliphatic carbocycles. The molecule has 3 aromatic carbocycles. The molecule has 0 aliphatic heterocycles. The Morgan fingerprint density at radius 1 is 0.967 bits per heavy atom. The van der Waals surface area contributed by atoms with E-state index in [0.29, 0.717) is 16.9 Å². The van der Waals surface area contributed by atoms with Crippen molar-refractivity contribution >= 4 is 33.3 Å². The van der Waals surface area contributed by atoms with E-state index in [0.717, 1.165) is 16.7 Å². The molecule has 3 aromatic rings. The summed E-state index contributed by atoms with van der Waals surface area (Å²) in [5.41, 5.74) is 4.44. The molecular weight excluding hydrogens is 402 g/mol. The monoisotopic (exact) mass is 423 g/mol. The number of aliphatic imine (C=N–C) groups is 1. The van der Waals surface area contributed by atoms with E-state index >= 15 is 0 Å². The van der Waals surface area contributed by atoms with Crippen molar-refractivity contribution in [1.82, 2.24) is 0 Å². The summed E-state index contributed by atoms with van der Waals surface area (Å²) in [6.07, 6.45) is 1.49. The van der Waals surface area contributed by atoms with Crippen molar-refractivity contribution in [3.63, 3.8) is 0 Å². The first-order valence-corrected chi connectivity index (χ1v) is 10.6. The number of anilines is 1. The molecule has 0 saturated carbocycles. The van der Waals surface area contributed by atoms with Gasteiger partial charge in [-0.2, -0.15) is 0 Å². The number of nitrogens with one attached hydrogen (secondary N) is 1.